The number of pyridine rings is 1. The molecule has 1 N–H and O–H groups in total. The smallest absolute Gasteiger partial charge is 0.254 e. The molecule has 0 fully saturated rings. The van der Waals surface area contributed by atoms with E-state index in [9.17, 15) is 4.79 Å². The van der Waals surface area contributed by atoms with Crippen molar-refractivity contribution in [1.82, 2.24) is 10.3 Å². The standard InChI is InChI=1S/C15H10ClIN2OS2/c16-9-3-1-8(2-4-9)6-18-14(20)11-7-19-15-10(13(11)21)5-12(17)22-15/h1-5,7H,6H2,(H,18,20)(H,19,21). The third kappa shape index (κ3) is 3.40. The molecule has 3 nitrogen and oxygen atoms in total. The van der Waals surface area contributed by atoms with E-state index < -0.39 is 0 Å². The number of nitrogens with one attached hydrogen (secondary N) is 1. The van der Waals surface area contributed by atoms with Crippen molar-refractivity contribution in [3.63, 3.8) is 0 Å². The number of benzene rings is 1. The average Bonchev–Trinajstić information content (AvgIpc) is 2.88. The summed E-state index contributed by atoms with van der Waals surface area (Å²) in [6, 6.07) is 9.35. The van der Waals surface area contributed by atoms with Crippen LogP contribution >= 0.6 is 58.2 Å². The lowest BCUT2D eigenvalue weighted by molar-refractivity contribution is 0.0948. The summed E-state index contributed by atoms with van der Waals surface area (Å²) in [4.78, 5) is 18.2. The van der Waals surface area contributed by atoms with E-state index >= 15 is 0 Å². The number of amides is 1. The summed E-state index contributed by atoms with van der Waals surface area (Å²) < 4.78 is 1.12. The summed E-state index contributed by atoms with van der Waals surface area (Å²) in [6.07, 6.45) is 1.58. The molecule has 0 saturated carbocycles. The summed E-state index contributed by atoms with van der Waals surface area (Å²) in [5.41, 5.74) is 1.47. The van der Waals surface area contributed by atoms with E-state index in [2.05, 4.69) is 45.5 Å². The van der Waals surface area contributed by atoms with Gasteiger partial charge in [0.2, 0.25) is 0 Å². The van der Waals surface area contributed by atoms with E-state index in [0.717, 1.165) is 18.7 Å². The van der Waals surface area contributed by atoms with Crippen LogP contribution in [0.15, 0.2) is 41.4 Å². The molecule has 22 heavy (non-hydrogen) atoms. The predicted molar refractivity (Wildman–Crippen MR) is 102 cm³/mol. The number of halogens is 2. The Hall–Kier alpha value is -0.830. The summed E-state index contributed by atoms with van der Waals surface area (Å²) >= 11 is 14.2. The number of carbonyl (C=O) groups excluding carboxylic acids is 1. The zero-order valence-electron chi connectivity index (χ0n) is 11.1. The highest BCUT2D eigenvalue weighted by Crippen LogP contribution is 2.31. The molecule has 1 aromatic carbocycles. The monoisotopic (exact) mass is 460 g/mol. The highest BCUT2D eigenvalue weighted by molar-refractivity contribution is 14.1. The Morgan fingerprint density at radius 3 is 2.82 bits per heavy atom. The van der Waals surface area contributed by atoms with Gasteiger partial charge in [0.25, 0.3) is 5.91 Å². The minimum absolute atomic E-state index is 0.185. The normalized spacial score (nSPS) is 10.9. The van der Waals surface area contributed by atoms with Crippen molar-refractivity contribution < 1.29 is 4.79 Å². The third-order valence-corrected chi connectivity index (χ3v) is 5.65. The van der Waals surface area contributed by atoms with E-state index in [1.807, 2.05) is 18.2 Å². The molecule has 1 amide bonds. The Kier molecular flexibility index (Phi) is 4.91. The first-order valence-corrected chi connectivity index (χ1v) is 9.06. The lowest BCUT2D eigenvalue weighted by Crippen LogP contribution is -2.23. The summed E-state index contributed by atoms with van der Waals surface area (Å²) in [5, 5.41) is 4.47. The second kappa shape index (κ2) is 6.74. The summed E-state index contributed by atoms with van der Waals surface area (Å²) in [7, 11) is 0. The molecule has 0 unspecified atom stereocenters. The van der Waals surface area contributed by atoms with Crippen LogP contribution in [-0.4, -0.2) is 10.9 Å². The lowest BCUT2D eigenvalue weighted by Gasteiger charge is -2.08. The number of rotatable bonds is 3. The number of hydrogen-bond acceptors (Lipinski definition) is 4. The first-order valence-electron chi connectivity index (χ1n) is 6.34. The Balaban J connectivity index is 1.80. The Morgan fingerprint density at radius 2 is 2.09 bits per heavy atom. The fourth-order valence-corrected chi connectivity index (χ4v) is 4.20. The maximum atomic E-state index is 12.3. The van der Waals surface area contributed by atoms with E-state index in [1.165, 1.54) is 0 Å². The van der Waals surface area contributed by atoms with E-state index in [1.54, 1.807) is 29.7 Å². The number of thiophene rings is 1. The van der Waals surface area contributed by atoms with Gasteiger partial charge in [-0.1, -0.05) is 23.7 Å². The Bertz CT molecular complexity index is 849. The van der Waals surface area contributed by atoms with Crippen LogP contribution in [0.2, 0.25) is 5.02 Å². The molecule has 0 bridgehead atoms. The lowest BCUT2D eigenvalue weighted by atomic mass is 10.2. The average molecular weight is 461 g/mol. The number of fused-ring (bicyclic) bond motifs is 1. The van der Waals surface area contributed by atoms with Crippen molar-refractivity contribution in [3.05, 3.63) is 55.6 Å². The predicted octanol–water partition coefficient (Wildman–Crippen LogP) is 4.77. The van der Waals surface area contributed by atoms with Crippen LogP contribution in [0.25, 0.3) is 10.2 Å². The minimum Gasteiger partial charge on any atom is -0.348 e. The van der Waals surface area contributed by atoms with Gasteiger partial charge in [-0.05, 0) is 46.4 Å². The van der Waals surface area contributed by atoms with Gasteiger partial charge in [-0.15, -0.1) is 24.0 Å². The maximum absolute atomic E-state index is 12.3. The molecule has 0 saturated heterocycles. The van der Waals surface area contributed by atoms with Crippen LogP contribution in [-0.2, 0) is 6.54 Å². The molecule has 0 spiro atoms. The fraction of sp³-hybridized carbons (Fsp3) is 0.0667. The van der Waals surface area contributed by atoms with E-state index in [0.29, 0.717) is 22.0 Å². The van der Waals surface area contributed by atoms with Gasteiger partial charge in [0.15, 0.2) is 0 Å². The zero-order chi connectivity index (χ0) is 15.7. The SMILES string of the molecule is O=C(NCc1ccc(Cl)cc1)c1cnc2sc(I)cc2c1S. The molecular formula is C15H10ClIN2OS2. The maximum Gasteiger partial charge on any atom is 0.254 e. The van der Waals surface area contributed by atoms with Crippen molar-refractivity contribution in [2.24, 2.45) is 0 Å². The third-order valence-electron chi connectivity index (χ3n) is 3.11. The van der Waals surface area contributed by atoms with Crippen LogP contribution in [0.4, 0.5) is 0 Å². The topological polar surface area (TPSA) is 42.0 Å². The second-order valence-electron chi connectivity index (χ2n) is 4.60. The number of hydrogen-bond donors (Lipinski definition) is 2. The summed E-state index contributed by atoms with van der Waals surface area (Å²) in [5.74, 6) is -0.185. The number of thiol groups is 1. The van der Waals surface area contributed by atoms with Crippen molar-refractivity contribution >= 4 is 74.3 Å². The van der Waals surface area contributed by atoms with Gasteiger partial charge in [0, 0.05) is 28.0 Å². The van der Waals surface area contributed by atoms with Crippen LogP contribution in [0, 0.1) is 2.88 Å². The van der Waals surface area contributed by atoms with Gasteiger partial charge in [-0.2, -0.15) is 0 Å². The molecule has 0 atom stereocenters. The molecule has 0 aliphatic rings. The van der Waals surface area contributed by atoms with Gasteiger partial charge in [0.05, 0.1) is 8.45 Å². The molecule has 0 radical (unpaired) electrons. The highest BCUT2D eigenvalue weighted by Gasteiger charge is 2.14. The van der Waals surface area contributed by atoms with Gasteiger partial charge in [-0.25, -0.2) is 4.98 Å². The van der Waals surface area contributed by atoms with Crippen LogP contribution in [0.1, 0.15) is 15.9 Å². The van der Waals surface area contributed by atoms with Gasteiger partial charge < -0.3 is 5.32 Å². The number of aromatic nitrogens is 1. The van der Waals surface area contributed by atoms with Gasteiger partial charge in [-0.3, -0.25) is 4.79 Å². The zero-order valence-corrected chi connectivity index (χ0v) is 15.8. The van der Waals surface area contributed by atoms with Crippen LogP contribution < -0.4 is 5.32 Å². The van der Waals surface area contributed by atoms with Crippen LogP contribution in [0.3, 0.4) is 0 Å². The fourth-order valence-electron chi connectivity index (χ4n) is 1.99. The highest BCUT2D eigenvalue weighted by atomic mass is 127. The molecule has 0 aliphatic carbocycles. The molecule has 2 heterocycles. The first-order chi connectivity index (χ1) is 10.5. The van der Waals surface area contributed by atoms with Crippen LogP contribution in [0.5, 0.6) is 0 Å². The summed E-state index contributed by atoms with van der Waals surface area (Å²) in [6.45, 7) is 0.433. The molecule has 2 aromatic heterocycles. The molecule has 3 aromatic rings. The van der Waals surface area contributed by atoms with Crippen molar-refractivity contribution in [1.29, 1.82) is 0 Å². The minimum atomic E-state index is -0.185. The molecule has 112 valence electrons. The molecule has 0 aliphatic heterocycles. The quantitative estimate of drug-likeness (QED) is 0.437. The van der Waals surface area contributed by atoms with E-state index in [-0.39, 0.29) is 5.91 Å². The van der Waals surface area contributed by atoms with Crippen molar-refractivity contribution in [3.8, 4) is 0 Å². The Labute approximate surface area is 155 Å². The first kappa shape index (κ1) is 16.0. The van der Waals surface area contributed by atoms with Gasteiger partial charge in [0.1, 0.15) is 4.83 Å². The largest absolute Gasteiger partial charge is 0.348 e. The molecule has 7 heteroatoms. The number of nitrogens with zero attached hydrogens (tertiary/aromatic N) is 1. The van der Waals surface area contributed by atoms with Crippen molar-refractivity contribution in [2.75, 3.05) is 0 Å². The van der Waals surface area contributed by atoms with Crippen molar-refractivity contribution in [2.45, 2.75) is 11.4 Å². The molecule has 3 rings (SSSR count). The number of carbonyl (C=O) groups is 1. The Morgan fingerprint density at radius 1 is 1.36 bits per heavy atom. The van der Waals surface area contributed by atoms with E-state index in [4.69, 9.17) is 11.6 Å². The second-order valence-corrected chi connectivity index (χ2v) is 8.41. The van der Waals surface area contributed by atoms with Gasteiger partial charge >= 0.3 is 0 Å². The molecular weight excluding hydrogens is 451 g/mol.